The predicted molar refractivity (Wildman–Crippen MR) is 115 cm³/mol. The molecule has 2 aromatic carbocycles. The lowest BCUT2D eigenvalue weighted by atomic mass is 9.85. The second-order valence-electron chi connectivity index (χ2n) is 7.70. The fraction of sp³-hybridized carbons (Fsp3) is 0.261. The first-order valence-corrected chi connectivity index (χ1v) is 10.2. The number of anilines is 1. The summed E-state index contributed by atoms with van der Waals surface area (Å²) in [5, 5.41) is 2.96. The van der Waals surface area contributed by atoms with Crippen LogP contribution in [0.15, 0.2) is 54.9 Å². The molecule has 1 aliphatic carbocycles. The minimum absolute atomic E-state index is 0.163. The third kappa shape index (κ3) is 3.66. The van der Waals surface area contributed by atoms with Gasteiger partial charge in [0.25, 0.3) is 5.91 Å². The van der Waals surface area contributed by atoms with Crippen LogP contribution in [0.1, 0.15) is 47.2 Å². The van der Waals surface area contributed by atoms with Crippen molar-refractivity contribution in [2.75, 3.05) is 5.32 Å². The predicted octanol–water partition coefficient (Wildman–Crippen LogP) is 4.40. The molecular weight excluding hydrogens is 378 g/mol. The molecule has 7 nitrogen and oxygen atoms in total. The number of carbonyl (C=O) groups excluding carboxylic acids is 1. The summed E-state index contributed by atoms with van der Waals surface area (Å²) in [6.07, 6.45) is 7.28. The van der Waals surface area contributed by atoms with Crippen LogP contribution in [0.2, 0.25) is 0 Å². The number of imidazole rings is 2. The summed E-state index contributed by atoms with van der Waals surface area (Å²) in [6.45, 7) is 0.377. The Bertz CT molecular complexity index is 1190. The summed E-state index contributed by atoms with van der Waals surface area (Å²) >= 11 is 0. The molecule has 0 unspecified atom stereocenters. The van der Waals surface area contributed by atoms with Gasteiger partial charge in [0.05, 0.1) is 11.0 Å². The van der Waals surface area contributed by atoms with E-state index in [0.29, 0.717) is 23.8 Å². The van der Waals surface area contributed by atoms with E-state index in [2.05, 4.69) is 20.3 Å². The Kier molecular flexibility index (Phi) is 4.71. The molecule has 0 aliphatic heterocycles. The first kappa shape index (κ1) is 18.4. The number of aryl methyl sites for hydroxylation is 1. The maximum atomic E-state index is 12.6. The number of aromatic amines is 1. The fourth-order valence-corrected chi connectivity index (χ4v) is 3.57. The summed E-state index contributed by atoms with van der Waals surface area (Å²) in [4.78, 5) is 24.9. The minimum atomic E-state index is -0.163. The zero-order valence-electron chi connectivity index (χ0n) is 16.8. The summed E-state index contributed by atoms with van der Waals surface area (Å²) in [5.41, 5.74) is 3.20. The van der Waals surface area contributed by atoms with Crippen LogP contribution in [0.3, 0.4) is 0 Å². The van der Waals surface area contributed by atoms with Gasteiger partial charge in [-0.25, -0.2) is 9.97 Å². The molecule has 0 spiro atoms. The largest absolute Gasteiger partial charge is 0.486 e. The zero-order valence-corrected chi connectivity index (χ0v) is 16.8. The fourth-order valence-electron chi connectivity index (χ4n) is 3.57. The highest BCUT2D eigenvalue weighted by atomic mass is 16.5. The van der Waals surface area contributed by atoms with Gasteiger partial charge in [-0.3, -0.25) is 4.79 Å². The van der Waals surface area contributed by atoms with Gasteiger partial charge in [-0.2, -0.15) is 0 Å². The van der Waals surface area contributed by atoms with Crippen LogP contribution in [0.5, 0.6) is 5.75 Å². The Hall–Kier alpha value is -3.61. The van der Waals surface area contributed by atoms with Gasteiger partial charge in [-0.05, 0) is 55.3 Å². The summed E-state index contributed by atoms with van der Waals surface area (Å²) in [5.74, 6) is 2.97. The normalized spacial score (nSPS) is 13.9. The van der Waals surface area contributed by atoms with Crippen molar-refractivity contribution in [2.45, 2.75) is 31.8 Å². The number of H-pyrrole nitrogens is 1. The Morgan fingerprint density at radius 1 is 1.23 bits per heavy atom. The van der Waals surface area contributed by atoms with Crippen molar-refractivity contribution in [3.63, 3.8) is 0 Å². The molecule has 0 radical (unpaired) electrons. The number of hydrogen-bond donors (Lipinski definition) is 2. The summed E-state index contributed by atoms with van der Waals surface area (Å²) in [6, 6.07) is 12.9. The van der Waals surface area contributed by atoms with E-state index in [9.17, 15) is 4.79 Å². The van der Waals surface area contributed by atoms with Gasteiger partial charge in [-0.1, -0.05) is 6.42 Å². The summed E-state index contributed by atoms with van der Waals surface area (Å²) in [7, 11) is 1.92. The van der Waals surface area contributed by atoms with Gasteiger partial charge in [0.2, 0.25) is 0 Å². The molecule has 30 heavy (non-hydrogen) atoms. The number of amides is 1. The molecule has 7 heteroatoms. The van der Waals surface area contributed by atoms with Crippen molar-refractivity contribution in [1.29, 1.82) is 0 Å². The molecule has 2 heterocycles. The number of nitrogens with zero attached hydrogens (tertiary/aromatic N) is 3. The second kappa shape index (κ2) is 7.67. The molecule has 0 bridgehead atoms. The molecule has 4 aromatic rings. The highest BCUT2D eigenvalue weighted by Gasteiger charge is 2.22. The van der Waals surface area contributed by atoms with Gasteiger partial charge in [0, 0.05) is 36.6 Å². The highest BCUT2D eigenvalue weighted by molar-refractivity contribution is 6.05. The van der Waals surface area contributed by atoms with Gasteiger partial charge in [-0.15, -0.1) is 0 Å². The van der Waals surface area contributed by atoms with Gasteiger partial charge < -0.3 is 19.6 Å². The van der Waals surface area contributed by atoms with Crippen molar-refractivity contribution >= 4 is 22.6 Å². The molecule has 2 N–H and O–H groups in total. The Labute approximate surface area is 174 Å². The first-order chi connectivity index (χ1) is 14.7. The molecule has 1 saturated carbocycles. The number of benzene rings is 2. The molecule has 0 saturated heterocycles. The molecule has 1 aliphatic rings. The minimum Gasteiger partial charge on any atom is -0.486 e. The Morgan fingerprint density at radius 2 is 2.07 bits per heavy atom. The standard InChI is InChI=1S/C23H23N5O2/c1-28-12-11-24-21(28)14-30-18-8-5-16(6-9-18)23(29)25-17-7-10-19-20(13-17)27-22(26-19)15-3-2-4-15/h5-13,15H,2-4,14H2,1H3,(H,25,29)(H,26,27). The van der Waals surface area contributed by atoms with Crippen molar-refractivity contribution in [1.82, 2.24) is 19.5 Å². The zero-order chi connectivity index (χ0) is 20.5. The van der Waals surface area contributed by atoms with Crippen molar-refractivity contribution < 1.29 is 9.53 Å². The van der Waals surface area contributed by atoms with Gasteiger partial charge >= 0.3 is 0 Å². The number of nitrogens with one attached hydrogen (secondary N) is 2. The maximum absolute atomic E-state index is 12.6. The summed E-state index contributed by atoms with van der Waals surface area (Å²) < 4.78 is 7.65. The number of ether oxygens (including phenoxy) is 1. The van der Waals surface area contributed by atoms with Crippen molar-refractivity contribution in [3.05, 3.63) is 72.1 Å². The third-order valence-electron chi connectivity index (χ3n) is 5.66. The second-order valence-corrected chi connectivity index (χ2v) is 7.70. The van der Waals surface area contributed by atoms with Gasteiger partial charge in [0.15, 0.2) is 0 Å². The molecule has 152 valence electrons. The number of fused-ring (bicyclic) bond motifs is 1. The number of rotatable bonds is 6. The molecule has 2 aromatic heterocycles. The molecule has 0 atom stereocenters. The topological polar surface area (TPSA) is 84.8 Å². The number of carbonyl (C=O) groups is 1. The van der Waals surface area contributed by atoms with E-state index < -0.39 is 0 Å². The van der Waals surface area contributed by atoms with Crippen LogP contribution in [0, 0.1) is 0 Å². The smallest absolute Gasteiger partial charge is 0.255 e. The van der Waals surface area contributed by atoms with E-state index in [1.165, 1.54) is 19.3 Å². The lowest BCUT2D eigenvalue weighted by Crippen LogP contribution is -2.11. The third-order valence-corrected chi connectivity index (χ3v) is 5.66. The average Bonchev–Trinajstić information content (AvgIpc) is 3.30. The highest BCUT2D eigenvalue weighted by Crippen LogP contribution is 2.35. The lowest BCUT2D eigenvalue weighted by Gasteiger charge is -2.22. The van der Waals surface area contributed by atoms with E-state index >= 15 is 0 Å². The maximum Gasteiger partial charge on any atom is 0.255 e. The quantitative estimate of drug-likeness (QED) is 0.502. The van der Waals surface area contributed by atoms with Crippen LogP contribution in [-0.4, -0.2) is 25.4 Å². The SMILES string of the molecule is Cn1ccnc1COc1ccc(C(=O)Nc2ccc3nc(C4CCC4)[nH]c3c2)cc1. The van der Waals surface area contributed by atoms with E-state index in [-0.39, 0.29) is 5.91 Å². The van der Waals surface area contributed by atoms with Crippen molar-refractivity contribution in [3.8, 4) is 5.75 Å². The van der Waals surface area contributed by atoms with Crippen LogP contribution in [0.4, 0.5) is 5.69 Å². The molecule has 1 fully saturated rings. The van der Waals surface area contributed by atoms with Crippen molar-refractivity contribution in [2.24, 2.45) is 7.05 Å². The lowest BCUT2D eigenvalue weighted by molar-refractivity contribution is 0.102. The van der Waals surface area contributed by atoms with Crippen LogP contribution in [-0.2, 0) is 13.7 Å². The molecule has 1 amide bonds. The number of aromatic nitrogens is 4. The molecule has 5 rings (SSSR count). The Morgan fingerprint density at radius 3 is 2.77 bits per heavy atom. The van der Waals surface area contributed by atoms with Crippen LogP contribution >= 0.6 is 0 Å². The first-order valence-electron chi connectivity index (χ1n) is 10.2. The van der Waals surface area contributed by atoms with E-state index in [0.717, 1.165) is 28.4 Å². The van der Waals surface area contributed by atoms with Crippen LogP contribution < -0.4 is 10.1 Å². The Balaban J connectivity index is 1.24. The van der Waals surface area contributed by atoms with E-state index in [4.69, 9.17) is 4.74 Å². The van der Waals surface area contributed by atoms with E-state index in [1.54, 1.807) is 30.5 Å². The van der Waals surface area contributed by atoms with E-state index in [1.807, 2.05) is 36.0 Å². The van der Waals surface area contributed by atoms with Crippen LogP contribution in [0.25, 0.3) is 11.0 Å². The molecular formula is C23H23N5O2. The monoisotopic (exact) mass is 401 g/mol. The number of hydrogen-bond acceptors (Lipinski definition) is 4. The van der Waals surface area contributed by atoms with Gasteiger partial charge in [0.1, 0.15) is 24.0 Å². The average molecular weight is 401 g/mol.